The van der Waals surface area contributed by atoms with Gasteiger partial charge in [-0.3, -0.25) is 38.8 Å². The zero-order valence-corrected chi connectivity index (χ0v) is 32.1. The number of benzene rings is 1. The van der Waals surface area contributed by atoms with Crippen LogP contribution in [-0.4, -0.2) is 122 Å². The van der Waals surface area contributed by atoms with E-state index in [1.165, 1.54) is 47.1 Å². The first kappa shape index (κ1) is 43.0. The van der Waals surface area contributed by atoms with Gasteiger partial charge in [-0.15, -0.1) is 0 Å². The number of fused-ring (bicyclic) bond motifs is 1. The van der Waals surface area contributed by atoms with Crippen molar-refractivity contribution in [2.24, 2.45) is 10.8 Å². The second-order valence-corrected chi connectivity index (χ2v) is 17.5. The Labute approximate surface area is 317 Å². The zero-order chi connectivity index (χ0) is 40.8. The zero-order valence-electron chi connectivity index (χ0n) is 30.3. The quantitative estimate of drug-likeness (QED) is 0.0722. The van der Waals surface area contributed by atoms with Crippen molar-refractivity contribution in [2.45, 2.75) is 50.8 Å². The molecule has 18 nitrogen and oxygen atoms in total. The molecule has 2 fully saturated rings. The molecule has 5 rings (SSSR count). The number of nitrogens with one attached hydrogen (secondary N) is 1. The molecule has 1 unspecified atom stereocenters. The Morgan fingerprint density at radius 1 is 1.09 bits per heavy atom. The number of morpholine rings is 1. The standard InChI is InChI=1S/C29H32N3O11PS.C6H11NO3/c1-27(25(34)35,17-21-9-4-5-10-23(21)43-44(38,39)40)29(12-13-29)11-7-6-8-20-16-22-19-31(26(36)32(22)18-20)15-14-28(2,24(33)30-37)45(3,41)42;8-6(9)5-7-1-3-10-4-2-7/h4-5,9-10,16,18,37H,12-15,17,19H2,1-3H3,(H,30,33)(H,34,35)(H2,38,39,40);1-5H2,(H,8,9)/t27?,28-;/m1./s1. The fraction of sp³-hybridized carbons (Fsp3) is 0.486. The van der Waals surface area contributed by atoms with Gasteiger partial charge in [0.1, 0.15) is 5.75 Å². The van der Waals surface area contributed by atoms with Crippen LogP contribution < -0.4 is 10.0 Å². The lowest BCUT2D eigenvalue weighted by Gasteiger charge is -2.31. The first-order valence-corrected chi connectivity index (χ1v) is 20.3. The molecule has 3 heterocycles. The topological polar surface area (TPSA) is 263 Å². The van der Waals surface area contributed by atoms with Crippen LogP contribution in [0.2, 0.25) is 0 Å². The molecule has 2 atom stereocenters. The van der Waals surface area contributed by atoms with Gasteiger partial charge in [0.15, 0.2) is 14.6 Å². The highest BCUT2D eigenvalue weighted by Gasteiger charge is 2.60. The smallest absolute Gasteiger partial charge is 0.481 e. The predicted molar refractivity (Wildman–Crippen MR) is 193 cm³/mol. The molecular weight excluding hydrogens is 763 g/mol. The number of hydrogen-bond donors (Lipinski definition) is 6. The maximum atomic E-state index is 12.9. The second kappa shape index (κ2) is 17.0. The number of phosphoric ester groups is 1. The summed E-state index contributed by atoms with van der Waals surface area (Å²) < 4.78 is 45.1. The van der Waals surface area contributed by atoms with E-state index in [-0.39, 0.29) is 38.2 Å². The van der Waals surface area contributed by atoms with E-state index < -0.39 is 57.1 Å². The van der Waals surface area contributed by atoms with E-state index in [1.54, 1.807) is 18.2 Å². The third-order valence-electron chi connectivity index (χ3n) is 10.0. The Morgan fingerprint density at radius 3 is 2.29 bits per heavy atom. The molecule has 0 spiro atoms. The molecule has 1 saturated carbocycles. The number of sulfone groups is 1. The summed E-state index contributed by atoms with van der Waals surface area (Å²) in [6, 6.07) is 7.25. The number of carboxylic acids is 2. The molecule has 1 aromatic heterocycles. The SMILES string of the molecule is CC(Cc1ccccc1OP(=O)(O)O)(C(=O)O)C1(C#CC#Cc2cc3n(c2)C(=O)N(CC[C@](C)(C(=O)NO)S(C)(=O)=O)C3)CC1.O=C(O)CN1CCOCC1. The van der Waals surface area contributed by atoms with Crippen molar-refractivity contribution in [3.05, 3.63) is 53.3 Å². The molecule has 20 heteroatoms. The number of ether oxygens (including phenoxy) is 1. The Bertz CT molecular complexity index is 2100. The van der Waals surface area contributed by atoms with Crippen molar-refractivity contribution in [1.29, 1.82) is 0 Å². The molecule has 2 aromatic rings. The molecule has 1 aliphatic carbocycles. The molecule has 298 valence electrons. The number of amides is 2. The number of nitrogens with zero attached hydrogens (tertiary/aromatic N) is 3. The van der Waals surface area contributed by atoms with Crippen LogP contribution in [0.15, 0.2) is 36.5 Å². The van der Waals surface area contributed by atoms with Gasteiger partial charge < -0.3 is 24.4 Å². The van der Waals surface area contributed by atoms with Crippen LogP contribution in [0, 0.1) is 34.5 Å². The van der Waals surface area contributed by atoms with Crippen molar-refractivity contribution in [3.63, 3.8) is 0 Å². The van der Waals surface area contributed by atoms with Crippen molar-refractivity contribution in [3.8, 4) is 29.4 Å². The number of phosphoric acid groups is 1. The average molecular weight is 807 g/mol. The molecule has 0 radical (unpaired) electrons. The predicted octanol–water partition coefficient (Wildman–Crippen LogP) is 1.31. The van der Waals surface area contributed by atoms with E-state index in [0.29, 0.717) is 42.9 Å². The summed E-state index contributed by atoms with van der Waals surface area (Å²) in [6.45, 7) is 5.73. The fourth-order valence-electron chi connectivity index (χ4n) is 6.24. The average Bonchev–Trinajstić information content (AvgIpc) is 3.71. The molecule has 2 aliphatic heterocycles. The van der Waals surface area contributed by atoms with Gasteiger partial charge in [0.2, 0.25) is 0 Å². The van der Waals surface area contributed by atoms with Crippen LogP contribution in [0.4, 0.5) is 4.79 Å². The molecule has 1 aromatic carbocycles. The summed E-state index contributed by atoms with van der Waals surface area (Å²) >= 11 is 0. The largest absolute Gasteiger partial charge is 0.524 e. The number of para-hydroxylation sites is 1. The highest BCUT2D eigenvalue weighted by molar-refractivity contribution is 7.92. The minimum Gasteiger partial charge on any atom is -0.481 e. The number of carbonyl (C=O) groups excluding carboxylic acids is 2. The van der Waals surface area contributed by atoms with E-state index in [0.717, 1.165) is 19.3 Å². The van der Waals surface area contributed by atoms with Crippen LogP contribution in [-0.2, 0) is 46.5 Å². The molecule has 0 bridgehead atoms. The fourth-order valence-corrected chi connectivity index (χ4v) is 7.52. The molecular formula is C35H43N4O14PS. The van der Waals surface area contributed by atoms with Crippen molar-refractivity contribution >= 4 is 41.5 Å². The minimum absolute atomic E-state index is 0.0651. The van der Waals surface area contributed by atoms with E-state index >= 15 is 0 Å². The van der Waals surface area contributed by atoms with Crippen LogP contribution >= 0.6 is 7.82 Å². The van der Waals surface area contributed by atoms with E-state index in [1.807, 2.05) is 4.90 Å². The number of aliphatic carboxylic acids is 2. The maximum absolute atomic E-state index is 12.9. The highest BCUT2D eigenvalue weighted by atomic mass is 32.2. The van der Waals surface area contributed by atoms with Gasteiger partial charge in [0.05, 0.1) is 31.7 Å². The van der Waals surface area contributed by atoms with Gasteiger partial charge in [-0.1, -0.05) is 30.0 Å². The van der Waals surface area contributed by atoms with Gasteiger partial charge in [0.25, 0.3) is 5.91 Å². The molecule has 6 N–H and O–H groups in total. The Morgan fingerprint density at radius 2 is 1.75 bits per heavy atom. The Hall–Kier alpha value is -4.72. The van der Waals surface area contributed by atoms with Crippen LogP contribution in [0.25, 0.3) is 0 Å². The van der Waals surface area contributed by atoms with Crippen molar-refractivity contribution in [2.75, 3.05) is 45.6 Å². The normalized spacial score (nSPS) is 18.4. The summed E-state index contributed by atoms with van der Waals surface area (Å²) in [6.07, 6.45) is 3.00. The lowest BCUT2D eigenvalue weighted by Crippen LogP contribution is -2.50. The van der Waals surface area contributed by atoms with Crippen molar-refractivity contribution in [1.82, 2.24) is 19.8 Å². The summed E-state index contributed by atoms with van der Waals surface area (Å²) in [5.74, 6) is 8.18. The maximum Gasteiger partial charge on any atom is 0.524 e. The molecule has 3 aliphatic rings. The van der Waals surface area contributed by atoms with Gasteiger partial charge in [-0.25, -0.2) is 23.3 Å². The number of aromatic nitrogens is 1. The molecule has 1 saturated heterocycles. The van der Waals surface area contributed by atoms with E-state index in [2.05, 4.69) is 23.7 Å². The van der Waals surface area contributed by atoms with Gasteiger partial charge in [-0.2, -0.15) is 0 Å². The highest BCUT2D eigenvalue weighted by Crippen LogP contribution is 2.60. The lowest BCUT2D eigenvalue weighted by molar-refractivity contribution is -0.151. The lowest BCUT2D eigenvalue weighted by atomic mass is 9.70. The number of carboxylic acid groups (broad SMARTS) is 2. The monoisotopic (exact) mass is 806 g/mol. The number of hydroxylamine groups is 1. The summed E-state index contributed by atoms with van der Waals surface area (Å²) in [4.78, 5) is 69.4. The first-order chi connectivity index (χ1) is 25.6. The minimum atomic E-state index is -4.87. The summed E-state index contributed by atoms with van der Waals surface area (Å²) in [5, 5.41) is 27.6. The van der Waals surface area contributed by atoms with Crippen molar-refractivity contribution < 1.29 is 66.6 Å². The summed E-state index contributed by atoms with van der Waals surface area (Å²) in [7, 11) is -8.79. The molecule has 2 amide bonds. The third-order valence-corrected chi connectivity index (χ3v) is 12.5. The van der Waals surface area contributed by atoms with Crippen LogP contribution in [0.1, 0.15) is 49.9 Å². The van der Waals surface area contributed by atoms with Crippen LogP contribution in [0.5, 0.6) is 5.75 Å². The summed E-state index contributed by atoms with van der Waals surface area (Å²) in [5.41, 5.74) is 0.385. The van der Waals surface area contributed by atoms with Gasteiger partial charge in [0, 0.05) is 48.8 Å². The van der Waals surface area contributed by atoms with Gasteiger partial charge in [-0.05, 0) is 69.1 Å². The number of rotatable bonds is 13. The van der Waals surface area contributed by atoms with Gasteiger partial charge >= 0.3 is 25.8 Å². The van der Waals surface area contributed by atoms with E-state index in [4.69, 9.17) is 19.6 Å². The number of carbonyl (C=O) groups is 4. The Kier molecular flexibility index (Phi) is 13.3. The number of hydrogen-bond acceptors (Lipinski definition) is 11. The Balaban J connectivity index is 0.000000583. The molecule has 55 heavy (non-hydrogen) atoms. The first-order valence-electron chi connectivity index (χ1n) is 16.9. The third kappa shape index (κ3) is 10.3. The van der Waals surface area contributed by atoms with Crippen LogP contribution in [0.3, 0.4) is 0 Å². The van der Waals surface area contributed by atoms with E-state index in [9.17, 15) is 47.1 Å². The second-order valence-electron chi connectivity index (χ2n) is 13.9.